The summed E-state index contributed by atoms with van der Waals surface area (Å²) in [6, 6.07) is 10.3. The first kappa shape index (κ1) is 22.2. The number of nitrogens with zero attached hydrogens (tertiary/aromatic N) is 1. The van der Waals surface area contributed by atoms with Crippen LogP contribution < -0.4 is 10.1 Å². The lowest BCUT2D eigenvalue weighted by atomic mass is 9.96. The normalized spacial score (nSPS) is 21.7. The molecule has 2 aliphatic heterocycles. The largest absolute Gasteiger partial charge is 0.477 e. The molecule has 0 saturated carbocycles. The number of aliphatic hydroxyl groups excluding tert-OH is 1. The van der Waals surface area contributed by atoms with E-state index in [0.29, 0.717) is 26.4 Å². The molecule has 1 fully saturated rings. The third-order valence-corrected chi connectivity index (χ3v) is 6.50. The molecule has 2 aliphatic rings. The molecule has 1 unspecified atom stereocenters. The van der Waals surface area contributed by atoms with Crippen LogP contribution in [0.4, 0.5) is 0 Å². The maximum atomic E-state index is 10.1. The van der Waals surface area contributed by atoms with Gasteiger partial charge in [-0.2, -0.15) is 0 Å². The average molecular weight is 441 g/mol. The van der Waals surface area contributed by atoms with Crippen molar-refractivity contribution in [3.8, 4) is 5.75 Å². The monoisotopic (exact) mass is 440 g/mol. The van der Waals surface area contributed by atoms with Crippen molar-refractivity contribution in [2.24, 2.45) is 0 Å². The molecule has 2 aromatic rings. The minimum Gasteiger partial charge on any atom is -0.477 e. The van der Waals surface area contributed by atoms with Crippen LogP contribution in [0, 0.1) is 0 Å². The Kier molecular flexibility index (Phi) is 7.23. The number of nitrogens with one attached hydrogen (secondary N) is 1. The summed E-state index contributed by atoms with van der Waals surface area (Å²) in [6.07, 6.45) is 6.67. The molecular formula is C25H32N2O3S. The van der Waals surface area contributed by atoms with Crippen molar-refractivity contribution >= 4 is 23.4 Å². The molecule has 4 rings (SSSR count). The lowest BCUT2D eigenvalue weighted by molar-refractivity contribution is -0.0209. The third-order valence-electron chi connectivity index (χ3n) is 6.16. The van der Waals surface area contributed by atoms with Gasteiger partial charge in [-0.3, -0.25) is 5.32 Å². The SMILES string of the molecule is CCC1=CC=C(Cc2cc(S)c(OCNC3COCC[C@@H]3O)c3ccccc23)CN1C. The van der Waals surface area contributed by atoms with E-state index in [2.05, 4.69) is 60.6 Å². The molecule has 2 aromatic carbocycles. The minimum atomic E-state index is -0.406. The zero-order chi connectivity index (χ0) is 21.8. The van der Waals surface area contributed by atoms with Crippen LogP contribution in [0.2, 0.25) is 0 Å². The topological polar surface area (TPSA) is 54.0 Å². The Morgan fingerprint density at radius 2 is 2.06 bits per heavy atom. The first-order valence-electron chi connectivity index (χ1n) is 11.0. The Morgan fingerprint density at radius 3 is 2.81 bits per heavy atom. The highest BCUT2D eigenvalue weighted by Gasteiger charge is 2.23. The van der Waals surface area contributed by atoms with E-state index >= 15 is 0 Å². The molecular weight excluding hydrogens is 408 g/mol. The van der Waals surface area contributed by atoms with Crippen molar-refractivity contribution in [1.82, 2.24) is 10.2 Å². The molecule has 0 spiro atoms. The summed E-state index contributed by atoms with van der Waals surface area (Å²) in [4.78, 5) is 3.15. The number of aliphatic hydroxyl groups is 1. The van der Waals surface area contributed by atoms with Crippen LogP contribution in [0.15, 0.2) is 58.6 Å². The highest BCUT2D eigenvalue weighted by atomic mass is 32.1. The van der Waals surface area contributed by atoms with Crippen molar-refractivity contribution in [3.05, 3.63) is 59.3 Å². The summed E-state index contributed by atoms with van der Waals surface area (Å²) in [5.41, 5.74) is 4.01. The number of likely N-dealkylation sites (N-methyl/N-ethyl adjacent to an activating group) is 1. The maximum absolute atomic E-state index is 10.1. The van der Waals surface area contributed by atoms with Crippen molar-refractivity contribution in [2.45, 2.75) is 43.2 Å². The first-order chi connectivity index (χ1) is 15.1. The van der Waals surface area contributed by atoms with Crippen molar-refractivity contribution in [2.75, 3.05) is 33.5 Å². The van der Waals surface area contributed by atoms with E-state index in [4.69, 9.17) is 22.1 Å². The van der Waals surface area contributed by atoms with Gasteiger partial charge >= 0.3 is 0 Å². The lowest BCUT2D eigenvalue weighted by Gasteiger charge is -2.28. The molecule has 6 heteroatoms. The smallest absolute Gasteiger partial charge is 0.142 e. The van der Waals surface area contributed by atoms with Gasteiger partial charge in [0.1, 0.15) is 12.5 Å². The number of benzene rings is 2. The van der Waals surface area contributed by atoms with Crippen LogP contribution >= 0.6 is 12.6 Å². The third kappa shape index (κ3) is 5.09. The van der Waals surface area contributed by atoms with Crippen LogP contribution in [0.1, 0.15) is 25.3 Å². The van der Waals surface area contributed by atoms with Gasteiger partial charge in [0.05, 0.1) is 18.8 Å². The Morgan fingerprint density at radius 1 is 1.26 bits per heavy atom. The van der Waals surface area contributed by atoms with E-state index in [9.17, 15) is 5.11 Å². The fourth-order valence-corrected chi connectivity index (χ4v) is 4.74. The van der Waals surface area contributed by atoms with E-state index in [1.807, 2.05) is 6.07 Å². The van der Waals surface area contributed by atoms with Gasteiger partial charge in [0.25, 0.3) is 0 Å². The van der Waals surface area contributed by atoms with E-state index < -0.39 is 6.10 Å². The summed E-state index contributed by atoms with van der Waals surface area (Å²) >= 11 is 4.76. The second kappa shape index (κ2) is 10.1. The van der Waals surface area contributed by atoms with Gasteiger partial charge in [0.2, 0.25) is 0 Å². The molecule has 5 nitrogen and oxygen atoms in total. The van der Waals surface area contributed by atoms with Crippen LogP contribution in [0.25, 0.3) is 10.8 Å². The molecule has 2 N–H and O–H groups in total. The molecule has 0 aromatic heterocycles. The molecule has 0 amide bonds. The van der Waals surface area contributed by atoms with Gasteiger partial charge in [-0.15, -0.1) is 12.6 Å². The number of ether oxygens (including phenoxy) is 2. The molecule has 2 heterocycles. The Hall–Kier alpha value is -1.99. The maximum Gasteiger partial charge on any atom is 0.142 e. The van der Waals surface area contributed by atoms with Gasteiger partial charge in [0, 0.05) is 36.2 Å². The highest BCUT2D eigenvalue weighted by Crippen LogP contribution is 2.36. The van der Waals surface area contributed by atoms with Gasteiger partial charge in [-0.05, 0) is 47.9 Å². The average Bonchev–Trinajstić information content (AvgIpc) is 2.77. The first-order valence-corrected chi connectivity index (χ1v) is 11.5. The number of fused-ring (bicyclic) bond motifs is 1. The fraction of sp³-hybridized carbons (Fsp3) is 0.440. The van der Waals surface area contributed by atoms with Gasteiger partial charge < -0.3 is 19.5 Å². The predicted molar refractivity (Wildman–Crippen MR) is 128 cm³/mol. The number of thiol groups is 1. The number of hydrogen-bond donors (Lipinski definition) is 3. The number of hydrogen-bond acceptors (Lipinski definition) is 6. The molecule has 1 saturated heterocycles. The van der Waals surface area contributed by atoms with E-state index in [-0.39, 0.29) is 6.04 Å². The van der Waals surface area contributed by atoms with Crippen LogP contribution in [0.3, 0.4) is 0 Å². The van der Waals surface area contributed by atoms with Gasteiger partial charge in [-0.1, -0.05) is 37.3 Å². The summed E-state index contributed by atoms with van der Waals surface area (Å²) in [5, 5.41) is 15.6. The van der Waals surface area contributed by atoms with Crippen molar-refractivity contribution in [3.63, 3.8) is 0 Å². The highest BCUT2D eigenvalue weighted by molar-refractivity contribution is 7.80. The molecule has 0 radical (unpaired) electrons. The second-order valence-corrected chi connectivity index (χ2v) is 8.81. The van der Waals surface area contributed by atoms with E-state index in [1.165, 1.54) is 22.2 Å². The molecule has 0 aliphatic carbocycles. The molecule has 31 heavy (non-hydrogen) atoms. The number of allylic oxidation sites excluding steroid dienone is 3. The van der Waals surface area contributed by atoms with Crippen LogP contribution in [-0.2, 0) is 11.2 Å². The zero-order valence-corrected chi connectivity index (χ0v) is 19.2. The van der Waals surface area contributed by atoms with Crippen molar-refractivity contribution in [1.29, 1.82) is 0 Å². The predicted octanol–water partition coefficient (Wildman–Crippen LogP) is 3.91. The van der Waals surface area contributed by atoms with E-state index in [0.717, 1.165) is 35.4 Å². The summed E-state index contributed by atoms with van der Waals surface area (Å²) in [5.74, 6) is 0.768. The molecule has 0 bridgehead atoms. The number of rotatable bonds is 7. The zero-order valence-electron chi connectivity index (χ0n) is 18.3. The molecule has 166 valence electrons. The Bertz CT molecular complexity index is 988. The van der Waals surface area contributed by atoms with Crippen LogP contribution in [0.5, 0.6) is 5.75 Å². The second-order valence-electron chi connectivity index (χ2n) is 8.33. The lowest BCUT2D eigenvalue weighted by Crippen LogP contribution is -2.48. The van der Waals surface area contributed by atoms with Crippen LogP contribution in [-0.4, -0.2) is 55.7 Å². The summed E-state index contributed by atoms with van der Waals surface area (Å²) in [7, 11) is 2.16. The van der Waals surface area contributed by atoms with Crippen molar-refractivity contribution < 1.29 is 14.6 Å². The van der Waals surface area contributed by atoms with E-state index in [1.54, 1.807) is 0 Å². The van der Waals surface area contributed by atoms with Gasteiger partial charge in [0.15, 0.2) is 0 Å². The Balaban J connectivity index is 1.53. The fourth-order valence-electron chi connectivity index (χ4n) is 4.40. The minimum absolute atomic E-state index is 0.112. The standard InChI is InChI=1S/C25H32N2O3S/c1-3-19-9-8-17(14-27(19)2)12-18-13-24(31)25(21-7-5-4-6-20(18)21)30-16-26-22-15-29-11-10-23(22)28/h4-9,13,22-23,26,28,31H,3,10-12,14-16H2,1-2H3/t22?,23-/m0/s1. The molecule has 2 atom stereocenters. The van der Waals surface area contributed by atoms with Gasteiger partial charge in [-0.25, -0.2) is 0 Å². The Labute approximate surface area is 190 Å². The quantitative estimate of drug-likeness (QED) is 0.450. The summed E-state index contributed by atoms with van der Waals surface area (Å²) < 4.78 is 11.6. The summed E-state index contributed by atoms with van der Waals surface area (Å²) in [6.45, 7) is 4.54.